The van der Waals surface area contributed by atoms with E-state index in [1.807, 2.05) is 0 Å². The van der Waals surface area contributed by atoms with E-state index in [4.69, 9.17) is 5.73 Å². The Bertz CT molecular complexity index is 688. The van der Waals surface area contributed by atoms with Gasteiger partial charge in [-0.25, -0.2) is 9.37 Å². The maximum atomic E-state index is 13.6. The number of nitrogens with two attached hydrogens (primary N) is 1. The molecule has 0 atom stereocenters. The first-order valence-electron chi connectivity index (χ1n) is 5.23. The predicted octanol–water partition coefficient (Wildman–Crippen LogP) is 2.72. The lowest BCUT2D eigenvalue weighted by Crippen LogP contribution is -1.88. The van der Waals surface area contributed by atoms with Crippen molar-refractivity contribution in [3.63, 3.8) is 0 Å². The molecule has 3 aromatic rings. The molecular weight excluding hydrogens is 217 g/mol. The first kappa shape index (κ1) is 9.84. The Morgan fingerprint density at radius 3 is 2.71 bits per heavy atom. The van der Waals surface area contributed by atoms with Gasteiger partial charge in [-0.15, -0.1) is 0 Å². The van der Waals surface area contributed by atoms with Crippen molar-refractivity contribution >= 4 is 11.3 Å². The molecule has 0 radical (unpaired) electrons. The molecule has 1 aromatic carbocycles. The van der Waals surface area contributed by atoms with Crippen molar-refractivity contribution in [1.29, 1.82) is 0 Å². The van der Waals surface area contributed by atoms with Crippen LogP contribution in [0.25, 0.3) is 16.9 Å². The number of anilines is 1. The number of hydrogen-bond donors (Lipinski definition) is 1. The lowest BCUT2D eigenvalue weighted by Gasteiger charge is -1.96. The average molecular weight is 227 g/mol. The van der Waals surface area contributed by atoms with Gasteiger partial charge in [0.15, 0.2) is 0 Å². The SMILES string of the molecule is Nc1ccc2nc(-c3ccccc3F)cn2c1. The Kier molecular flexibility index (Phi) is 2.08. The highest BCUT2D eigenvalue weighted by atomic mass is 19.1. The van der Waals surface area contributed by atoms with E-state index in [0.29, 0.717) is 16.9 Å². The number of aromatic nitrogens is 2. The number of pyridine rings is 1. The van der Waals surface area contributed by atoms with Gasteiger partial charge in [0.05, 0.1) is 5.69 Å². The number of nitrogens with zero attached hydrogens (tertiary/aromatic N) is 2. The molecule has 0 unspecified atom stereocenters. The summed E-state index contributed by atoms with van der Waals surface area (Å²) < 4.78 is 15.4. The molecule has 0 aliphatic carbocycles. The van der Waals surface area contributed by atoms with Gasteiger partial charge in [0.25, 0.3) is 0 Å². The molecule has 0 aliphatic rings. The monoisotopic (exact) mass is 227 g/mol. The minimum Gasteiger partial charge on any atom is -0.398 e. The molecule has 3 nitrogen and oxygen atoms in total. The molecule has 0 saturated carbocycles. The third-order valence-electron chi connectivity index (χ3n) is 2.62. The molecule has 2 heterocycles. The Balaban J connectivity index is 2.22. The van der Waals surface area contributed by atoms with Crippen molar-refractivity contribution in [3.8, 4) is 11.3 Å². The summed E-state index contributed by atoms with van der Waals surface area (Å²) in [7, 11) is 0. The molecule has 4 heteroatoms. The van der Waals surface area contributed by atoms with E-state index in [9.17, 15) is 4.39 Å². The second-order valence-corrected chi connectivity index (χ2v) is 3.83. The van der Waals surface area contributed by atoms with Crippen molar-refractivity contribution < 1.29 is 4.39 Å². The molecule has 0 bridgehead atoms. The lowest BCUT2D eigenvalue weighted by atomic mass is 10.1. The molecule has 2 N–H and O–H groups in total. The van der Waals surface area contributed by atoms with Crippen molar-refractivity contribution in [2.45, 2.75) is 0 Å². The highest BCUT2D eigenvalue weighted by molar-refractivity contribution is 5.64. The Morgan fingerprint density at radius 1 is 1.06 bits per heavy atom. The topological polar surface area (TPSA) is 43.3 Å². The standard InChI is InChI=1S/C13H10FN3/c14-11-4-2-1-3-10(11)12-8-17-7-9(15)5-6-13(17)16-12/h1-8H,15H2. The summed E-state index contributed by atoms with van der Waals surface area (Å²) >= 11 is 0. The summed E-state index contributed by atoms with van der Waals surface area (Å²) in [6.07, 6.45) is 3.52. The van der Waals surface area contributed by atoms with Crippen molar-refractivity contribution in [2.24, 2.45) is 0 Å². The van der Waals surface area contributed by atoms with Gasteiger partial charge in [0.1, 0.15) is 11.5 Å². The van der Waals surface area contributed by atoms with Crippen molar-refractivity contribution in [1.82, 2.24) is 9.38 Å². The van der Waals surface area contributed by atoms with Crippen LogP contribution >= 0.6 is 0 Å². The summed E-state index contributed by atoms with van der Waals surface area (Å²) in [5.74, 6) is -0.274. The van der Waals surface area contributed by atoms with Crippen LogP contribution in [-0.2, 0) is 0 Å². The minimum atomic E-state index is -0.274. The van der Waals surface area contributed by atoms with Crippen LogP contribution in [0, 0.1) is 5.82 Å². The van der Waals surface area contributed by atoms with E-state index >= 15 is 0 Å². The number of nitrogen functional groups attached to an aromatic ring is 1. The average Bonchev–Trinajstić information content (AvgIpc) is 2.72. The summed E-state index contributed by atoms with van der Waals surface area (Å²) in [4.78, 5) is 4.35. The third kappa shape index (κ3) is 1.63. The molecule has 17 heavy (non-hydrogen) atoms. The number of imidazole rings is 1. The van der Waals surface area contributed by atoms with Crippen LogP contribution in [0.15, 0.2) is 48.8 Å². The van der Waals surface area contributed by atoms with Crippen molar-refractivity contribution in [3.05, 3.63) is 54.6 Å². The van der Waals surface area contributed by atoms with E-state index < -0.39 is 0 Å². The van der Waals surface area contributed by atoms with Gasteiger partial charge >= 0.3 is 0 Å². The second-order valence-electron chi connectivity index (χ2n) is 3.83. The summed E-state index contributed by atoms with van der Waals surface area (Å²) in [6, 6.07) is 10.2. The Hall–Kier alpha value is -2.36. The Labute approximate surface area is 97.3 Å². The third-order valence-corrected chi connectivity index (χ3v) is 2.62. The fraction of sp³-hybridized carbons (Fsp3) is 0. The quantitative estimate of drug-likeness (QED) is 0.694. The van der Waals surface area contributed by atoms with Crippen LogP contribution in [0.5, 0.6) is 0 Å². The predicted molar refractivity (Wildman–Crippen MR) is 65.0 cm³/mol. The van der Waals surface area contributed by atoms with E-state index in [1.54, 1.807) is 47.1 Å². The van der Waals surface area contributed by atoms with Gasteiger partial charge < -0.3 is 10.1 Å². The summed E-state index contributed by atoms with van der Waals surface area (Å²) in [5, 5.41) is 0. The molecule has 84 valence electrons. The molecule has 0 amide bonds. The Morgan fingerprint density at radius 2 is 1.88 bits per heavy atom. The second kappa shape index (κ2) is 3.59. The van der Waals surface area contributed by atoms with Gasteiger partial charge in [-0.2, -0.15) is 0 Å². The minimum absolute atomic E-state index is 0.274. The molecule has 0 saturated heterocycles. The number of benzene rings is 1. The smallest absolute Gasteiger partial charge is 0.137 e. The summed E-state index contributed by atoms with van der Waals surface area (Å²) in [5.41, 5.74) is 8.18. The molecule has 3 rings (SSSR count). The van der Waals surface area contributed by atoms with Gasteiger partial charge in [-0.05, 0) is 24.3 Å². The highest BCUT2D eigenvalue weighted by Crippen LogP contribution is 2.22. The van der Waals surface area contributed by atoms with Crippen LogP contribution < -0.4 is 5.73 Å². The zero-order valence-electron chi connectivity index (χ0n) is 8.97. The van der Waals surface area contributed by atoms with E-state index in [2.05, 4.69) is 4.98 Å². The lowest BCUT2D eigenvalue weighted by molar-refractivity contribution is 0.631. The molecule has 2 aromatic heterocycles. The zero-order chi connectivity index (χ0) is 11.8. The van der Waals surface area contributed by atoms with Gasteiger partial charge in [-0.1, -0.05) is 12.1 Å². The number of fused-ring (bicyclic) bond motifs is 1. The first-order chi connectivity index (χ1) is 8.24. The van der Waals surface area contributed by atoms with Gasteiger partial charge in [0, 0.05) is 23.6 Å². The van der Waals surface area contributed by atoms with Crippen LogP contribution in [-0.4, -0.2) is 9.38 Å². The van der Waals surface area contributed by atoms with Crippen LogP contribution in [0.4, 0.5) is 10.1 Å². The summed E-state index contributed by atoms with van der Waals surface area (Å²) in [6.45, 7) is 0. The fourth-order valence-electron chi connectivity index (χ4n) is 1.81. The molecular formula is C13H10FN3. The van der Waals surface area contributed by atoms with Crippen molar-refractivity contribution in [2.75, 3.05) is 5.73 Å². The largest absolute Gasteiger partial charge is 0.398 e. The van der Waals surface area contributed by atoms with Crippen LogP contribution in [0.1, 0.15) is 0 Å². The maximum absolute atomic E-state index is 13.6. The number of halogens is 1. The van der Waals surface area contributed by atoms with Crippen LogP contribution in [0.3, 0.4) is 0 Å². The zero-order valence-corrected chi connectivity index (χ0v) is 8.97. The first-order valence-corrected chi connectivity index (χ1v) is 5.23. The molecule has 0 spiro atoms. The number of hydrogen-bond acceptors (Lipinski definition) is 2. The van der Waals surface area contributed by atoms with Crippen LogP contribution in [0.2, 0.25) is 0 Å². The highest BCUT2D eigenvalue weighted by Gasteiger charge is 2.08. The molecule has 0 aliphatic heterocycles. The molecule has 0 fully saturated rings. The van der Waals surface area contributed by atoms with Gasteiger partial charge in [0.2, 0.25) is 0 Å². The van der Waals surface area contributed by atoms with E-state index in [0.717, 1.165) is 5.65 Å². The van der Waals surface area contributed by atoms with E-state index in [1.165, 1.54) is 6.07 Å². The van der Waals surface area contributed by atoms with E-state index in [-0.39, 0.29) is 5.82 Å². The number of rotatable bonds is 1. The van der Waals surface area contributed by atoms with Gasteiger partial charge in [-0.3, -0.25) is 0 Å². The maximum Gasteiger partial charge on any atom is 0.137 e. The normalized spacial score (nSPS) is 10.9. The fourth-order valence-corrected chi connectivity index (χ4v) is 1.81.